The summed E-state index contributed by atoms with van der Waals surface area (Å²) < 4.78 is 4.62. The average Bonchev–Trinajstić information content (AvgIpc) is 2.41. The van der Waals surface area contributed by atoms with Crippen molar-refractivity contribution in [2.24, 2.45) is 11.8 Å². The zero-order valence-corrected chi connectivity index (χ0v) is 11.7. The first kappa shape index (κ1) is 13.8. The summed E-state index contributed by atoms with van der Waals surface area (Å²) in [5.41, 5.74) is 0. The van der Waals surface area contributed by atoms with Crippen molar-refractivity contribution in [1.82, 2.24) is 9.97 Å². The number of methoxy groups -OCH3 is 1. The summed E-state index contributed by atoms with van der Waals surface area (Å²) in [7, 11) is 1.33. The summed E-state index contributed by atoms with van der Waals surface area (Å²) in [4.78, 5) is 19.5. The first-order valence-electron chi connectivity index (χ1n) is 6.78. The second-order valence-electron chi connectivity index (χ2n) is 5.40. The van der Waals surface area contributed by atoms with E-state index in [1.165, 1.54) is 20.0 Å². The van der Waals surface area contributed by atoms with Crippen LogP contribution in [0.1, 0.15) is 43.7 Å². The van der Waals surface area contributed by atoms with E-state index in [9.17, 15) is 4.79 Å². The summed E-state index contributed by atoms with van der Waals surface area (Å²) in [6, 6.07) is 2.20. The van der Waals surface area contributed by atoms with Crippen LogP contribution in [-0.4, -0.2) is 29.1 Å². The maximum absolute atomic E-state index is 11.4. The van der Waals surface area contributed by atoms with Gasteiger partial charge < -0.3 is 10.1 Å². The summed E-state index contributed by atoms with van der Waals surface area (Å²) in [6.07, 6.45) is 5.18. The zero-order valence-electron chi connectivity index (χ0n) is 11.7. The summed E-state index contributed by atoms with van der Waals surface area (Å²) in [5.74, 6) is 1.70. The van der Waals surface area contributed by atoms with Crippen molar-refractivity contribution in [2.75, 3.05) is 12.4 Å². The molecular weight excluding hydrogens is 242 g/mol. The third-order valence-electron chi connectivity index (χ3n) is 3.79. The molecule has 3 unspecified atom stereocenters. The van der Waals surface area contributed by atoms with Gasteiger partial charge in [0, 0.05) is 12.2 Å². The molecule has 1 aromatic rings. The Kier molecular flexibility index (Phi) is 4.35. The number of esters is 1. The predicted molar refractivity (Wildman–Crippen MR) is 73.0 cm³/mol. The van der Waals surface area contributed by atoms with E-state index in [0.29, 0.717) is 17.8 Å². The van der Waals surface area contributed by atoms with E-state index in [-0.39, 0.29) is 5.82 Å². The van der Waals surface area contributed by atoms with Gasteiger partial charge in [-0.15, -0.1) is 0 Å². The van der Waals surface area contributed by atoms with Gasteiger partial charge in [-0.05, 0) is 37.2 Å². The van der Waals surface area contributed by atoms with E-state index < -0.39 is 5.97 Å². The highest BCUT2D eigenvalue weighted by atomic mass is 16.5. The monoisotopic (exact) mass is 263 g/mol. The molecule has 104 valence electrons. The number of nitrogens with one attached hydrogen (secondary N) is 1. The molecule has 1 aliphatic carbocycles. The number of anilines is 1. The van der Waals surface area contributed by atoms with Crippen molar-refractivity contribution in [1.29, 1.82) is 0 Å². The van der Waals surface area contributed by atoms with Crippen LogP contribution in [0.3, 0.4) is 0 Å². The molecule has 5 nitrogen and oxygen atoms in total. The number of ether oxygens (including phenoxy) is 1. The molecule has 5 heteroatoms. The normalized spacial score (nSPS) is 26.8. The fourth-order valence-electron chi connectivity index (χ4n) is 2.70. The van der Waals surface area contributed by atoms with E-state index in [2.05, 4.69) is 33.9 Å². The van der Waals surface area contributed by atoms with Crippen molar-refractivity contribution in [3.63, 3.8) is 0 Å². The maximum Gasteiger partial charge on any atom is 0.376 e. The number of hydrogen-bond acceptors (Lipinski definition) is 5. The third kappa shape index (κ3) is 3.43. The molecule has 1 fully saturated rings. The molecule has 0 amide bonds. The number of nitrogens with zero attached hydrogens (tertiary/aromatic N) is 2. The molecule has 19 heavy (non-hydrogen) atoms. The molecule has 0 radical (unpaired) electrons. The van der Waals surface area contributed by atoms with Gasteiger partial charge in [-0.1, -0.05) is 13.8 Å². The molecule has 1 aromatic heterocycles. The van der Waals surface area contributed by atoms with Crippen molar-refractivity contribution in [3.8, 4) is 0 Å². The Hall–Kier alpha value is -1.65. The van der Waals surface area contributed by atoms with E-state index in [1.807, 2.05) is 0 Å². The van der Waals surface area contributed by atoms with Crippen molar-refractivity contribution in [2.45, 2.75) is 39.2 Å². The summed E-state index contributed by atoms with van der Waals surface area (Å²) in [6.45, 7) is 4.56. The highest BCUT2D eigenvalue weighted by molar-refractivity contribution is 5.85. The highest BCUT2D eigenvalue weighted by Gasteiger charge is 2.25. The van der Waals surface area contributed by atoms with Crippen LogP contribution in [-0.2, 0) is 4.74 Å². The van der Waals surface area contributed by atoms with E-state index in [1.54, 1.807) is 12.3 Å². The van der Waals surface area contributed by atoms with Crippen molar-refractivity contribution < 1.29 is 9.53 Å². The van der Waals surface area contributed by atoms with Gasteiger partial charge >= 0.3 is 5.97 Å². The maximum atomic E-state index is 11.4. The van der Waals surface area contributed by atoms with E-state index in [4.69, 9.17) is 0 Å². The minimum absolute atomic E-state index is 0.101. The quantitative estimate of drug-likeness (QED) is 0.849. The number of carbonyl (C=O) groups is 1. The first-order valence-corrected chi connectivity index (χ1v) is 6.78. The molecular formula is C14H21N3O2. The van der Waals surface area contributed by atoms with Crippen molar-refractivity contribution >= 4 is 11.8 Å². The topological polar surface area (TPSA) is 64.1 Å². The molecule has 0 aromatic carbocycles. The Morgan fingerprint density at radius 3 is 2.89 bits per heavy atom. The minimum Gasteiger partial charge on any atom is -0.463 e. The molecule has 0 saturated heterocycles. The first-order chi connectivity index (χ1) is 9.10. The van der Waals surface area contributed by atoms with Crippen LogP contribution < -0.4 is 5.32 Å². The van der Waals surface area contributed by atoms with Crippen LogP contribution in [0.25, 0.3) is 0 Å². The molecule has 1 aliphatic rings. The highest BCUT2D eigenvalue weighted by Crippen LogP contribution is 2.30. The van der Waals surface area contributed by atoms with Crippen LogP contribution in [0.4, 0.5) is 5.82 Å². The van der Waals surface area contributed by atoms with E-state index >= 15 is 0 Å². The fraction of sp³-hybridized carbons (Fsp3) is 0.643. The SMILES string of the molecule is COC(=O)c1nccc(NC2CCC(C)CC2C)n1. The lowest BCUT2D eigenvalue weighted by Crippen LogP contribution is -2.33. The predicted octanol–water partition coefficient (Wildman–Crippen LogP) is 2.50. The van der Waals surface area contributed by atoms with Gasteiger partial charge in [0.05, 0.1) is 7.11 Å². The lowest BCUT2D eigenvalue weighted by molar-refractivity contribution is 0.0587. The number of hydrogen-bond donors (Lipinski definition) is 1. The Labute approximate surface area is 113 Å². The second kappa shape index (κ2) is 5.99. The molecule has 1 heterocycles. The van der Waals surface area contributed by atoms with Gasteiger partial charge in [-0.25, -0.2) is 14.8 Å². The lowest BCUT2D eigenvalue weighted by atomic mass is 9.80. The number of rotatable bonds is 3. The molecule has 0 bridgehead atoms. The van der Waals surface area contributed by atoms with Crippen LogP contribution in [0.5, 0.6) is 0 Å². The third-order valence-corrected chi connectivity index (χ3v) is 3.79. The molecule has 0 spiro atoms. The zero-order chi connectivity index (χ0) is 13.8. The lowest BCUT2D eigenvalue weighted by Gasteiger charge is -2.33. The fourth-order valence-corrected chi connectivity index (χ4v) is 2.70. The summed E-state index contributed by atoms with van der Waals surface area (Å²) >= 11 is 0. The van der Waals surface area contributed by atoms with Crippen LogP contribution in [0.15, 0.2) is 12.3 Å². The molecule has 1 N–H and O–H groups in total. The standard InChI is InChI=1S/C14H21N3O2/c1-9-4-5-11(10(2)8-9)16-12-6-7-15-13(17-12)14(18)19-3/h6-7,9-11H,4-5,8H2,1-3H3,(H,15,16,17). The smallest absolute Gasteiger partial charge is 0.376 e. The second-order valence-corrected chi connectivity index (χ2v) is 5.40. The van der Waals surface area contributed by atoms with Gasteiger partial charge in [-0.3, -0.25) is 0 Å². The Bertz CT molecular complexity index is 450. The van der Waals surface area contributed by atoms with E-state index in [0.717, 1.165) is 12.3 Å². The molecule has 1 saturated carbocycles. The van der Waals surface area contributed by atoms with Gasteiger partial charge in [0.15, 0.2) is 0 Å². The van der Waals surface area contributed by atoms with Gasteiger partial charge in [0.1, 0.15) is 5.82 Å². The number of aromatic nitrogens is 2. The Morgan fingerprint density at radius 1 is 1.42 bits per heavy atom. The molecule has 3 atom stereocenters. The van der Waals surface area contributed by atoms with Crippen LogP contribution in [0, 0.1) is 11.8 Å². The van der Waals surface area contributed by atoms with Gasteiger partial charge in [0.2, 0.25) is 5.82 Å². The molecule has 0 aliphatic heterocycles. The number of carbonyl (C=O) groups excluding carboxylic acids is 1. The summed E-state index contributed by atoms with van der Waals surface area (Å²) in [5, 5.41) is 3.41. The Balaban J connectivity index is 2.04. The van der Waals surface area contributed by atoms with Gasteiger partial charge in [0.25, 0.3) is 0 Å². The average molecular weight is 263 g/mol. The Morgan fingerprint density at radius 2 is 2.21 bits per heavy atom. The largest absolute Gasteiger partial charge is 0.463 e. The van der Waals surface area contributed by atoms with Crippen LogP contribution >= 0.6 is 0 Å². The van der Waals surface area contributed by atoms with Crippen LogP contribution in [0.2, 0.25) is 0 Å². The minimum atomic E-state index is -0.506. The van der Waals surface area contributed by atoms with Gasteiger partial charge in [-0.2, -0.15) is 0 Å². The van der Waals surface area contributed by atoms with Crippen molar-refractivity contribution in [3.05, 3.63) is 18.1 Å². The molecule has 2 rings (SSSR count).